The minimum atomic E-state index is -1.29. The number of hydrogen-bond donors (Lipinski definition) is 7. The molecule has 0 bridgehead atoms. The maximum absolute atomic E-state index is 13.3. The number of carbonyl (C=O) groups excluding carboxylic acids is 3. The molecule has 1 aromatic heterocycles. The second-order valence-electron chi connectivity index (χ2n) is 10.2. The number of benzene rings is 1. The molecule has 0 radical (unpaired) electrons. The standard InChI is InChI=1S/C27H40N6O6/c1-5-16(4)23(28)26(37)32-20(10-15(2)3)24(35)31-21(12-18-13-29-14-30-18)25(36)33-22(27(38)39)11-17-6-8-19(34)9-7-17/h6-9,13-16,20-23,34H,5,10-12,28H2,1-4H3,(H,29,30)(H,31,35)(H,32,37)(H,33,36)(H,38,39). The molecule has 1 heterocycles. The molecule has 2 rings (SSSR count). The zero-order valence-corrected chi connectivity index (χ0v) is 22.8. The molecule has 0 spiro atoms. The van der Waals surface area contributed by atoms with Gasteiger partial charge in [-0.1, -0.05) is 46.2 Å². The quantitative estimate of drug-likeness (QED) is 0.171. The third-order valence-corrected chi connectivity index (χ3v) is 6.50. The number of aliphatic carboxylic acids is 1. The Morgan fingerprint density at radius 3 is 2.05 bits per heavy atom. The van der Waals surface area contributed by atoms with Crippen molar-refractivity contribution in [2.24, 2.45) is 17.6 Å². The van der Waals surface area contributed by atoms with Crippen LogP contribution in [0.1, 0.15) is 51.8 Å². The second-order valence-corrected chi connectivity index (χ2v) is 10.2. The van der Waals surface area contributed by atoms with Crippen molar-refractivity contribution in [2.75, 3.05) is 0 Å². The largest absolute Gasteiger partial charge is 0.508 e. The number of aromatic hydroxyl groups is 1. The minimum Gasteiger partial charge on any atom is -0.508 e. The molecule has 0 saturated heterocycles. The number of carboxylic acids is 1. The predicted molar refractivity (Wildman–Crippen MR) is 144 cm³/mol. The molecule has 0 aliphatic rings. The molecule has 12 heteroatoms. The molecule has 8 N–H and O–H groups in total. The number of nitrogens with one attached hydrogen (secondary N) is 4. The van der Waals surface area contributed by atoms with Crippen molar-refractivity contribution in [1.29, 1.82) is 0 Å². The summed E-state index contributed by atoms with van der Waals surface area (Å²) in [5.74, 6) is -3.03. The van der Waals surface area contributed by atoms with E-state index in [0.717, 1.165) is 0 Å². The van der Waals surface area contributed by atoms with E-state index >= 15 is 0 Å². The van der Waals surface area contributed by atoms with Gasteiger partial charge < -0.3 is 36.9 Å². The molecule has 214 valence electrons. The summed E-state index contributed by atoms with van der Waals surface area (Å²) < 4.78 is 0. The molecule has 1 aromatic carbocycles. The Balaban J connectivity index is 2.22. The van der Waals surface area contributed by atoms with Gasteiger partial charge in [-0.05, 0) is 36.0 Å². The zero-order valence-electron chi connectivity index (χ0n) is 22.8. The number of rotatable bonds is 15. The first-order chi connectivity index (χ1) is 18.4. The predicted octanol–water partition coefficient (Wildman–Crippen LogP) is 0.859. The van der Waals surface area contributed by atoms with Gasteiger partial charge in [0, 0.05) is 24.7 Å². The number of phenols is 1. The number of aromatic nitrogens is 2. The summed E-state index contributed by atoms with van der Waals surface area (Å²) in [5.41, 5.74) is 7.19. The fourth-order valence-corrected chi connectivity index (χ4v) is 3.92. The van der Waals surface area contributed by atoms with Crippen LogP contribution in [0.15, 0.2) is 36.8 Å². The summed E-state index contributed by atoms with van der Waals surface area (Å²) >= 11 is 0. The monoisotopic (exact) mass is 544 g/mol. The molecule has 0 aliphatic heterocycles. The summed E-state index contributed by atoms with van der Waals surface area (Å²) in [6, 6.07) is 1.78. The van der Waals surface area contributed by atoms with E-state index in [2.05, 4.69) is 25.9 Å². The van der Waals surface area contributed by atoms with Gasteiger partial charge in [-0.3, -0.25) is 14.4 Å². The van der Waals surface area contributed by atoms with Crippen molar-refractivity contribution in [3.8, 4) is 5.75 Å². The van der Waals surface area contributed by atoms with E-state index in [9.17, 15) is 29.4 Å². The highest BCUT2D eigenvalue weighted by atomic mass is 16.4. The van der Waals surface area contributed by atoms with Crippen LogP contribution in [-0.4, -0.2) is 68.0 Å². The summed E-state index contributed by atoms with van der Waals surface area (Å²) in [6.07, 6.45) is 3.90. The Morgan fingerprint density at radius 1 is 0.923 bits per heavy atom. The molecule has 0 aliphatic carbocycles. The number of phenolic OH excluding ortho intramolecular Hbond substituents is 1. The lowest BCUT2D eigenvalue weighted by molar-refractivity contribution is -0.142. The van der Waals surface area contributed by atoms with Crippen LogP contribution in [0.25, 0.3) is 0 Å². The van der Waals surface area contributed by atoms with Gasteiger partial charge in [0.2, 0.25) is 17.7 Å². The molecule has 3 amide bonds. The fourth-order valence-electron chi connectivity index (χ4n) is 3.92. The molecule has 0 fully saturated rings. The average molecular weight is 545 g/mol. The van der Waals surface area contributed by atoms with Gasteiger partial charge in [0.1, 0.15) is 23.9 Å². The van der Waals surface area contributed by atoms with Crippen LogP contribution in [0.2, 0.25) is 0 Å². The van der Waals surface area contributed by atoms with E-state index in [1.807, 2.05) is 27.7 Å². The highest BCUT2D eigenvalue weighted by Gasteiger charge is 2.32. The molecule has 2 aromatic rings. The lowest BCUT2D eigenvalue weighted by Crippen LogP contribution is -2.58. The smallest absolute Gasteiger partial charge is 0.326 e. The van der Waals surface area contributed by atoms with Crippen molar-refractivity contribution in [3.05, 3.63) is 48.0 Å². The Morgan fingerprint density at radius 2 is 1.51 bits per heavy atom. The summed E-state index contributed by atoms with van der Waals surface area (Å²) in [5, 5.41) is 27.1. The van der Waals surface area contributed by atoms with Gasteiger partial charge in [0.05, 0.1) is 12.4 Å². The van der Waals surface area contributed by atoms with Crippen LogP contribution in [0.5, 0.6) is 5.75 Å². The van der Waals surface area contributed by atoms with Crippen molar-refractivity contribution in [2.45, 2.75) is 77.5 Å². The second kappa shape index (κ2) is 14.9. The fraction of sp³-hybridized carbons (Fsp3) is 0.519. The van der Waals surface area contributed by atoms with Crippen LogP contribution in [0, 0.1) is 11.8 Å². The van der Waals surface area contributed by atoms with Crippen molar-refractivity contribution in [3.63, 3.8) is 0 Å². The highest BCUT2D eigenvalue weighted by Crippen LogP contribution is 2.13. The molecule has 39 heavy (non-hydrogen) atoms. The third kappa shape index (κ3) is 10.0. The normalized spacial score (nSPS) is 15.0. The summed E-state index contributed by atoms with van der Waals surface area (Å²) in [4.78, 5) is 58.1. The number of hydrogen-bond acceptors (Lipinski definition) is 7. The van der Waals surface area contributed by atoms with E-state index < -0.39 is 47.9 Å². The van der Waals surface area contributed by atoms with E-state index in [0.29, 0.717) is 24.1 Å². The first kappa shape index (κ1) is 31.3. The Labute approximate surface area is 228 Å². The molecule has 5 atom stereocenters. The van der Waals surface area contributed by atoms with Crippen LogP contribution in [0.4, 0.5) is 0 Å². The van der Waals surface area contributed by atoms with E-state index in [1.165, 1.54) is 24.7 Å². The maximum Gasteiger partial charge on any atom is 0.326 e. The first-order valence-corrected chi connectivity index (χ1v) is 13.1. The number of amides is 3. The van der Waals surface area contributed by atoms with Crippen molar-refractivity contribution < 1.29 is 29.4 Å². The summed E-state index contributed by atoms with van der Waals surface area (Å²) in [6.45, 7) is 7.57. The van der Waals surface area contributed by atoms with Gasteiger partial charge in [-0.2, -0.15) is 0 Å². The first-order valence-electron chi connectivity index (χ1n) is 13.1. The van der Waals surface area contributed by atoms with Crippen LogP contribution in [-0.2, 0) is 32.0 Å². The van der Waals surface area contributed by atoms with Crippen molar-refractivity contribution in [1.82, 2.24) is 25.9 Å². The van der Waals surface area contributed by atoms with Crippen molar-refractivity contribution >= 4 is 23.7 Å². The number of H-pyrrole nitrogens is 1. The van der Waals surface area contributed by atoms with Gasteiger partial charge in [0.25, 0.3) is 0 Å². The van der Waals surface area contributed by atoms with Gasteiger partial charge >= 0.3 is 5.97 Å². The third-order valence-electron chi connectivity index (χ3n) is 6.50. The Kier molecular flexibility index (Phi) is 11.9. The van der Waals surface area contributed by atoms with Crippen LogP contribution < -0.4 is 21.7 Å². The van der Waals surface area contributed by atoms with Gasteiger partial charge in [-0.25, -0.2) is 9.78 Å². The summed E-state index contributed by atoms with van der Waals surface area (Å²) in [7, 11) is 0. The molecular weight excluding hydrogens is 504 g/mol. The Bertz CT molecular complexity index is 1090. The van der Waals surface area contributed by atoms with Gasteiger partial charge in [0.15, 0.2) is 0 Å². The SMILES string of the molecule is CCC(C)C(N)C(=O)NC(CC(C)C)C(=O)NC(Cc1cnc[nH]1)C(=O)NC(Cc1ccc(O)cc1)C(=O)O. The zero-order chi connectivity index (χ0) is 29.1. The highest BCUT2D eigenvalue weighted by molar-refractivity contribution is 5.94. The number of carboxylic acid groups (broad SMARTS) is 1. The van der Waals surface area contributed by atoms with Crippen LogP contribution in [0.3, 0.4) is 0 Å². The molecular formula is C27H40N6O6. The maximum atomic E-state index is 13.3. The lowest BCUT2D eigenvalue weighted by atomic mass is 9.97. The lowest BCUT2D eigenvalue weighted by Gasteiger charge is -2.27. The number of imidazole rings is 1. The van der Waals surface area contributed by atoms with E-state index in [1.54, 1.807) is 12.1 Å². The number of nitrogens with two attached hydrogens (primary N) is 1. The molecule has 5 unspecified atom stereocenters. The number of carbonyl (C=O) groups is 4. The topological polar surface area (TPSA) is 200 Å². The van der Waals surface area contributed by atoms with E-state index in [4.69, 9.17) is 5.73 Å². The minimum absolute atomic E-state index is 0.0118. The molecule has 0 saturated carbocycles. The van der Waals surface area contributed by atoms with Crippen LogP contribution >= 0.6 is 0 Å². The van der Waals surface area contributed by atoms with E-state index in [-0.39, 0.29) is 30.4 Å². The average Bonchev–Trinajstić information content (AvgIpc) is 3.40. The van der Waals surface area contributed by atoms with Gasteiger partial charge in [-0.15, -0.1) is 0 Å². The number of aromatic amines is 1. The number of nitrogens with zero attached hydrogens (tertiary/aromatic N) is 1. The molecule has 12 nitrogen and oxygen atoms in total. The Hall–Kier alpha value is -3.93.